The molecule has 1 aliphatic rings. The fraction of sp³-hybridized carbons (Fsp3) is 0.414. The van der Waals surface area contributed by atoms with E-state index in [9.17, 15) is 14.4 Å². The summed E-state index contributed by atoms with van der Waals surface area (Å²) in [5, 5.41) is 5.67. The number of para-hydroxylation sites is 1. The van der Waals surface area contributed by atoms with Crippen LogP contribution in [0.25, 0.3) is 6.08 Å². The lowest BCUT2D eigenvalue weighted by Gasteiger charge is -2.35. The van der Waals surface area contributed by atoms with Crippen LogP contribution in [0.15, 0.2) is 55.1 Å². The van der Waals surface area contributed by atoms with Gasteiger partial charge in [0.25, 0.3) is 5.91 Å². The first-order chi connectivity index (χ1) is 17.4. The molecule has 198 valence electrons. The van der Waals surface area contributed by atoms with Crippen molar-refractivity contribution < 1.29 is 19.1 Å². The number of amides is 3. The fourth-order valence-corrected chi connectivity index (χ4v) is 4.44. The number of nitrogens with one attached hydrogen (secondary N) is 2. The highest BCUT2D eigenvalue weighted by molar-refractivity contribution is 7.80. The second kappa shape index (κ2) is 11.9. The van der Waals surface area contributed by atoms with Crippen LogP contribution in [0.1, 0.15) is 56.8 Å². The van der Waals surface area contributed by atoms with Crippen LogP contribution in [-0.2, 0) is 14.3 Å². The zero-order chi connectivity index (χ0) is 27.3. The molecule has 1 saturated carbocycles. The lowest BCUT2D eigenvalue weighted by Crippen LogP contribution is -2.54. The van der Waals surface area contributed by atoms with E-state index >= 15 is 0 Å². The summed E-state index contributed by atoms with van der Waals surface area (Å²) in [6.07, 6.45) is 1.75. The van der Waals surface area contributed by atoms with Crippen molar-refractivity contribution in [2.24, 2.45) is 5.92 Å². The van der Waals surface area contributed by atoms with Gasteiger partial charge in [-0.15, -0.1) is 0 Å². The molecular weight excluding hydrogens is 486 g/mol. The van der Waals surface area contributed by atoms with Crippen LogP contribution in [-0.4, -0.2) is 46.2 Å². The quantitative estimate of drug-likeness (QED) is 0.385. The summed E-state index contributed by atoms with van der Waals surface area (Å²) in [5.74, 6) is -0.459. The highest BCUT2D eigenvalue weighted by atomic mass is 32.1. The normalized spacial score (nSPS) is 18.2. The van der Waals surface area contributed by atoms with Gasteiger partial charge in [-0.3, -0.25) is 9.59 Å². The van der Waals surface area contributed by atoms with Crippen LogP contribution < -0.4 is 10.6 Å². The molecule has 2 aromatic carbocycles. The minimum Gasteiger partial charge on any atom is -0.444 e. The number of nitrogens with zero attached hydrogens (tertiary/aromatic N) is 1. The van der Waals surface area contributed by atoms with E-state index in [0.29, 0.717) is 11.3 Å². The van der Waals surface area contributed by atoms with Gasteiger partial charge in [0, 0.05) is 17.5 Å². The smallest absolute Gasteiger partial charge is 0.408 e. The maximum Gasteiger partial charge on any atom is 0.408 e. The standard InChI is InChI=1S/C29H37N3O4S/c1-7-20-12-10-13-21(16-20)25(26(33)30-22-14-9-8-11-18(22)2)32(24-15-19(24)3)27(34)23(17-37)31-28(35)36-29(4,5)6/h7-14,16,19,23-25,37H,1,15,17H2,2-6H3,(H,30,33)(H,31,35). The van der Waals surface area contributed by atoms with Crippen molar-refractivity contribution in [1.82, 2.24) is 10.2 Å². The second-order valence-electron chi connectivity index (χ2n) is 10.5. The predicted octanol–water partition coefficient (Wildman–Crippen LogP) is 5.38. The molecule has 0 spiro atoms. The van der Waals surface area contributed by atoms with Crippen LogP contribution >= 0.6 is 12.6 Å². The molecule has 0 saturated heterocycles. The Balaban J connectivity index is 2.02. The number of thiol groups is 1. The summed E-state index contributed by atoms with van der Waals surface area (Å²) < 4.78 is 5.37. The van der Waals surface area contributed by atoms with Crippen molar-refractivity contribution in [2.45, 2.75) is 64.8 Å². The van der Waals surface area contributed by atoms with Gasteiger partial charge in [-0.2, -0.15) is 12.6 Å². The molecule has 0 aromatic heterocycles. The summed E-state index contributed by atoms with van der Waals surface area (Å²) in [5.41, 5.74) is 2.35. The summed E-state index contributed by atoms with van der Waals surface area (Å²) in [6.45, 7) is 13.1. The highest BCUT2D eigenvalue weighted by Crippen LogP contribution is 2.41. The largest absolute Gasteiger partial charge is 0.444 e. The zero-order valence-electron chi connectivity index (χ0n) is 22.2. The lowest BCUT2D eigenvalue weighted by molar-refractivity contribution is -0.141. The maximum absolute atomic E-state index is 14.0. The maximum atomic E-state index is 14.0. The van der Waals surface area contributed by atoms with Crippen LogP contribution in [0.4, 0.5) is 10.5 Å². The highest BCUT2D eigenvalue weighted by Gasteiger charge is 2.48. The molecule has 2 aromatic rings. The Kier molecular flexibility index (Phi) is 9.07. The Morgan fingerprint density at radius 2 is 1.86 bits per heavy atom. The number of hydrogen-bond donors (Lipinski definition) is 3. The van der Waals surface area contributed by atoms with Crippen molar-refractivity contribution >= 4 is 42.3 Å². The SMILES string of the molecule is C=Cc1cccc(C(C(=O)Nc2ccccc2C)N(C(=O)C(CS)NC(=O)OC(C)(C)C)C2CC2C)c1. The average Bonchev–Trinajstić information content (AvgIpc) is 3.56. The number of alkyl carbamates (subject to hydrolysis) is 1. The number of rotatable bonds is 9. The molecule has 3 amide bonds. The second-order valence-corrected chi connectivity index (χ2v) is 10.9. The first-order valence-corrected chi connectivity index (χ1v) is 13.1. The van der Waals surface area contributed by atoms with Crippen molar-refractivity contribution in [3.05, 3.63) is 71.8 Å². The molecule has 7 nitrogen and oxygen atoms in total. The minimum absolute atomic E-state index is 0.0501. The predicted molar refractivity (Wildman–Crippen MR) is 151 cm³/mol. The molecule has 37 heavy (non-hydrogen) atoms. The first kappa shape index (κ1) is 28.3. The Hall–Kier alpha value is -3.26. The molecule has 4 atom stereocenters. The van der Waals surface area contributed by atoms with E-state index in [1.165, 1.54) is 0 Å². The van der Waals surface area contributed by atoms with Crippen LogP contribution in [0.2, 0.25) is 0 Å². The number of anilines is 1. The lowest BCUT2D eigenvalue weighted by atomic mass is 9.99. The molecule has 2 N–H and O–H groups in total. The number of benzene rings is 2. The topological polar surface area (TPSA) is 87.7 Å². The van der Waals surface area contributed by atoms with Gasteiger partial charge in [-0.25, -0.2) is 4.79 Å². The molecule has 0 aliphatic heterocycles. The molecule has 0 radical (unpaired) electrons. The molecule has 0 bridgehead atoms. The van der Waals surface area contributed by atoms with Crippen molar-refractivity contribution in [3.8, 4) is 0 Å². The number of aryl methyl sites for hydroxylation is 1. The van der Waals surface area contributed by atoms with Gasteiger partial charge < -0.3 is 20.3 Å². The van der Waals surface area contributed by atoms with E-state index in [1.54, 1.807) is 31.7 Å². The van der Waals surface area contributed by atoms with Gasteiger partial charge >= 0.3 is 6.09 Å². The average molecular weight is 524 g/mol. The van der Waals surface area contributed by atoms with Crippen molar-refractivity contribution in [1.29, 1.82) is 0 Å². The van der Waals surface area contributed by atoms with Crippen molar-refractivity contribution in [3.63, 3.8) is 0 Å². The summed E-state index contributed by atoms with van der Waals surface area (Å²) in [4.78, 5) is 42.0. The van der Waals surface area contributed by atoms with Gasteiger partial charge in [0.15, 0.2) is 0 Å². The molecule has 3 rings (SSSR count). The Morgan fingerprint density at radius 3 is 2.43 bits per heavy atom. The van der Waals surface area contributed by atoms with E-state index in [0.717, 1.165) is 17.5 Å². The van der Waals surface area contributed by atoms with Gasteiger partial charge in [0.2, 0.25) is 5.91 Å². The van der Waals surface area contributed by atoms with E-state index in [4.69, 9.17) is 4.74 Å². The third kappa shape index (κ3) is 7.38. The molecule has 4 unspecified atom stereocenters. The van der Waals surface area contributed by atoms with Gasteiger partial charge in [0.05, 0.1) is 0 Å². The number of carbonyl (C=O) groups excluding carboxylic acids is 3. The van der Waals surface area contributed by atoms with Gasteiger partial charge in [0.1, 0.15) is 17.7 Å². The molecule has 1 fully saturated rings. The fourth-order valence-electron chi connectivity index (χ4n) is 4.20. The van der Waals surface area contributed by atoms with E-state index < -0.39 is 23.8 Å². The van der Waals surface area contributed by atoms with Crippen LogP contribution in [0, 0.1) is 12.8 Å². The number of hydrogen-bond acceptors (Lipinski definition) is 5. The Morgan fingerprint density at radius 1 is 1.19 bits per heavy atom. The molecular formula is C29H37N3O4S. The minimum atomic E-state index is -0.970. The Bertz CT molecular complexity index is 1160. The summed E-state index contributed by atoms with van der Waals surface area (Å²) >= 11 is 4.35. The Labute approximate surface area is 225 Å². The third-order valence-electron chi connectivity index (χ3n) is 6.24. The van der Waals surface area contributed by atoms with Gasteiger partial charge in [-0.05, 0) is 68.9 Å². The summed E-state index contributed by atoms with van der Waals surface area (Å²) in [6, 6.07) is 12.9. The summed E-state index contributed by atoms with van der Waals surface area (Å²) in [7, 11) is 0. The number of ether oxygens (including phenoxy) is 1. The number of carbonyl (C=O) groups is 3. The molecule has 1 aliphatic carbocycles. The van der Waals surface area contributed by atoms with Crippen LogP contribution in [0.5, 0.6) is 0 Å². The van der Waals surface area contributed by atoms with E-state index in [1.807, 2.05) is 62.4 Å². The van der Waals surface area contributed by atoms with Crippen molar-refractivity contribution in [2.75, 3.05) is 11.1 Å². The van der Waals surface area contributed by atoms with Gasteiger partial charge in [-0.1, -0.05) is 56.0 Å². The monoisotopic (exact) mass is 523 g/mol. The molecule has 8 heteroatoms. The first-order valence-electron chi connectivity index (χ1n) is 12.5. The molecule has 0 heterocycles. The zero-order valence-corrected chi connectivity index (χ0v) is 23.0. The van der Waals surface area contributed by atoms with E-state index in [-0.39, 0.29) is 29.5 Å². The third-order valence-corrected chi connectivity index (χ3v) is 6.61. The van der Waals surface area contributed by atoms with Crippen LogP contribution in [0.3, 0.4) is 0 Å². The van der Waals surface area contributed by atoms with E-state index in [2.05, 4.69) is 29.8 Å².